The van der Waals surface area contributed by atoms with E-state index in [0.717, 1.165) is 0 Å². The number of aliphatic hydroxyl groups excluding tert-OH is 6. The van der Waals surface area contributed by atoms with Gasteiger partial charge in [-0.05, 0) is 32.1 Å². The number of ether oxygens (including phenoxy) is 9. The highest BCUT2D eigenvalue weighted by Gasteiger charge is 2.52. The Labute approximate surface area is 279 Å². The summed E-state index contributed by atoms with van der Waals surface area (Å²) in [6.07, 6.45) is -18.2. The van der Waals surface area contributed by atoms with Crippen molar-refractivity contribution in [3.8, 4) is 0 Å². The fourth-order valence-electron chi connectivity index (χ4n) is 4.16. The fourth-order valence-corrected chi connectivity index (χ4v) is 4.16. The summed E-state index contributed by atoms with van der Waals surface area (Å²) in [6.45, 7) is -6.48. The second-order valence-electron chi connectivity index (χ2n) is 11.1. The molecule has 0 radical (unpaired) electrons. The van der Waals surface area contributed by atoms with Crippen molar-refractivity contribution in [3.63, 3.8) is 0 Å². The Hall–Kier alpha value is -1.02. The Bertz CT molecular complexity index is 822. The SMILES string of the molecule is OCCCOCC(O)COCC(O)COCC(F)(F)OC(F)(F)OC(F)(F)COCCOCC(O)COC1CC(O)CC(OCCCO)C1. The Balaban J connectivity index is 2.21. The summed E-state index contributed by atoms with van der Waals surface area (Å²) < 4.78 is 124. The summed E-state index contributed by atoms with van der Waals surface area (Å²) in [5, 5.41) is 56.7. The molecular formula is C28H50F6O15. The molecule has 0 amide bonds. The molecule has 1 saturated carbocycles. The van der Waals surface area contributed by atoms with Crippen LogP contribution in [0.5, 0.6) is 0 Å². The van der Waals surface area contributed by atoms with Crippen LogP contribution < -0.4 is 0 Å². The lowest BCUT2D eigenvalue weighted by atomic mass is 9.92. The van der Waals surface area contributed by atoms with Gasteiger partial charge in [-0.25, -0.2) is 9.47 Å². The monoisotopic (exact) mass is 740 g/mol. The van der Waals surface area contributed by atoms with Gasteiger partial charge >= 0.3 is 18.5 Å². The maximum absolute atomic E-state index is 13.8. The Kier molecular flexibility index (Phi) is 23.5. The van der Waals surface area contributed by atoms with Crippen molar-refractivity contribution in [1.29, 1.82) is 0 Å². The van der Waals surface area contributed by atoms with Gasteiger partial charge in [0.1, 0.15) is 31.5 Å². The lowest BCUT2D eigenvalue weighted by Gasteiger charge is -2.32. The molecule has 0 heterocycles. The van der Waals surface area contributed by atoms with E-state index in [4.69, 9.17) is 33.9 Å². The second kappa shape index (κ2) is 25.0. The van der Waals surface area contributed by atoms with Gasteiger partial charge in [-0.15, -0.1) is 8.78 Å². The average Bonchev–Trinajstić information content (AvgIpc) is 2.98. The van der Waals surface area contributed by atoms with Gasteiger partial charge in [-0.3, -0.25) is 0 Å². The molecule has 49 heavy (non-hydrogen) atoms. The molecule has 0 aromatic rings. The van der Waals surface area contributed by atoms with Crippen LogP contribution in [-0.4, -0.2) is 178 Å². The van der Waals surface area contributed by atoms with E-state index < -0.39 is 82.1 Å². The van der Waals surface area contributed by atoms with E-state index in [-0.39, 0.29) is 59.0 Å². The van der Waals surface area contributed by atoms with Crippen molar-refractivity contribution in [2.75, 3.05) is 92.5 Å². The molecule has 1 aliphatic carbocycles. The number of halogens is 6. The maximum atomic E-state index is 13.8. The van der Waals surface area contributed by atoms with Crippen molar-refractivity contribution in [2.24, 2.45) is 0 Å². The predicted molar refractivity (Wildman–Crippen MR) is 152 cm³/mol. The summed E-state index contributed by atoms with van der Waals surface area (Å²) in [5.74, 6) is 0. The van der Waals surface area contributed by atoms with Crippen LogP contribution in [0.1, 0.15) is 32.1 Å². The first kappa shape index (κ1) is 46.0. The molecule has 0 aromatic carbocycles. The zero-order chi connectivity index (χ0) is 36.8. The number of rotatable bonds is 31. The number of aliphatic hydroxyl groups is 6. The van der Waals surface area contributed by atoms with E-state index in [1.807, 2.05) is 0 Å². The molecule has 0 saturated heterocycles. The third-order valence-electron chi connectivity index (χ3n) is 6.22. The van der Waals surface area contributed by atoms with Crippen LogP contribution in [-0.2, 0) is 42.6 Å². The average molecular weight is 741 g/mol. The number of hydrogen-bond donors (Lipinski definition) is 6. The highest BCUT2D eigenvalue weighted by atomic mass is 19.3. The van der Waals surface area contributed by atoms with Crippen LogP contribution in [0.2, 0.25) is 0 Å². The highest BCUT2D eigenvalue weighted by molar-refractivity contribution is 4.80. The van der Waals surface area contributed by atoms with Gasteiger partial charge in [0.15, 0.2) is 0 Å². The molecule has 0 aromatic heterocycles. The fraction of sp³-hybridized carbons (Fsp3) is 1.00. The molecule has 0 bridgehead atoms. The molecule has 294 valence electrons. The molecule has 6 N–H and O–H groups in total. The smallest absolute Gasteiger partial charge is 0.396 e. The van der Waals surface area contributed by atoms with Crippen LogP contribution in [0, 0.1) is 0 Å². The van der Waals surface area contributed by atoms with Gasteiger partial charge in [-0.1, -0.05) is 0 Å². The minimum atomic E-state index is -5.49. The third-order valence-corrected chi connectivity index (χ3v) is 6.22. The summed E-state index contributed by atoms with van der Waals surface area (Å²) >= 11 is 0. The highest BCUT2D eigenvalue weighted by Crippen LogP contribution is 2.33. The Morgan fingerprint density at radius 3 is 1.57 bits per heavy atom. The van der Waals surface area contributed by atoms with Gasteiger partial charge < -0.3 is 63.8 Å². The molecule has 0 aliphatic heterocycles. The second-order valence-corrected chi connectivity index (χ2v) is 11.1. The molecule has 1 fully saturated rings. The zero-order valence-electron chi connectivity index (χ0n) is 27.0. The number of alkyl halides is 6. The lowest BCUT2D eigenvalue weighted by molar-refractivity contribution is -0.518. The molecule has 6 unspecified atom stereocenters. The van der Waals surface area contributed by atoms with Crippen molar-refractivity contribution in [3.05, 3.63) is 0 Å². The van der Waals surface area contributed by atoms with E-state index in [0.29, 0.717) is 38.7 Å². The van der Waals surface area contributed by atoms with Gasteiger partial charge in [-0.2, -0.15) is 17.6 Å². The van der Waals surface area contributed by atoms with Crippen molar-refractivity contribution >= 4 is 0 Å². The summed E-state index contributed by atoms with van der Waals surface area (Å²) in [5.41, 5.74) is 0. The van der Waals surface area contributed by atoms with Gasteiger partial charge in [0, 0.05) is 26.4 Å². The third kappa shape index (κ3) is 24.7. The molecule has 1 rings (SSSR count). The summed E-state index contributed by atoms with van der Waals surface area (Å²) in [7, 11) is 0. The minimum Gasteiger partial charge on any atom is -0.396 e. The number of hydrogen-bond acceptors (Lipinski definition) is 15. The topological polar surface area (TPSA) is 204 Å². The van der Waals surface area contributed by atoms with Crippen LogP contribution in [0.4, 0.5) is 26.3 Å². The Morgan fingerprint density at radius 2 is 0.980 bits per heavy atom. The first-order valence-corrected chi connectivity index (χ1v) is 15.7. The van der Waals surface area contributed by atoms with Crippen molar-refractivity contribution in [1.82, 2.24) is 0 Å². The van der Waals surface area contributed by atoms with Crippen LogP contribution >= 0.6 is 0 Å². The minimum absolute atomic E-state index is 0.0284. The molecule has 0 spiro atoms. The van der Waals surface area contributed by atoms with E-state index in [1.54, 1.807) is 0 Å². The van der Waals surface area contributed by atoms with Crippen LogP contribution in [0.25, 0.3) is 0 Å². The Morgan fingerprint density at radius 1 is 0.531 bits per heavy atom. The molecule has 21 heteroatoms. The van der Waals surface area contributed by atoms with Gasteiger partial charge in [0.2, 0.25) is 0 Å². The molecule has 15 nitrogen and oxygen atoms in total. The van der Waals surface area contributed by atoms with Crippen LogP contribution in [0.3, 0.4) is 0 Å². The molecule has 1 aliphatic rings. The summed E-state index contributed by atoms with van der Waals surface area (Å²) in [4.78, 5) is 0. The van der Waals surface area contributed by atoms with E-state index in [9.17, 15) is 46.8 Å². The maximum Gasteiger partial charge on any atom is 0.495 e. The molecular weight excluding hydrogens is 690 g/mol. The predicted octanol–water partition coefficient (Wildman–Crippen LogP) is 0.00120. The normalized spacial score (nSPS) is 21.2. The quantitative estimate of drug-likeness (QED) is 0.0315. The van der Waals surface area contributed by atoms with Crippen LogP contribution in [0.15, 0.2) is 0 Å². The van der Waals surface area contributed by atoms with Crippen molar-refractivity contribution in [2.45, 2.75) is 87.2 Å². The summed E-state index contributed by atoms with van der Waals surface area (Å²) in [6, 6.07) is 0. The van der Waals surface area contributed by atoms with E-state index in [2.05, 4.69) is 18.9 Å². The van der Waals surface area contributed by atoms with E-state index >= 15 is 0 Å². The standard InChI is InChI=1S/C28H50F6O15/c29-26(30,18-43-8-7-42-13-23(40)17-47-25-10-20(37)9-24(11-25)46-6-2-4-36)48-28(33,34)49-27(31,32)19-45-16-22(39)15-44-14-21(38)12-41-5-1-3-35/h20-25,35-40H,1-19H2. The van der Waals surface area contributed by atoms with Gasteiger partial charge in [0.05, 0.1) is 71.2 Å². The lowest BCUT2D eigenvalue weighted by Crippen LogP contribution is -2.44. The first-order valence-electron chi connectivity index (χ1n) is 15.7. The van der Waals surface area contributed by atoms with Crippen molar-refractivity contribution < 1.29 is 99.6 Å². The largest absolute Gasteiger partial charge is 0.495 e. The van der Waals surface area contributed by atoms with E-state index in [1.165, 1.54) is 0 Å². The van der Waals surface area contributed by atoms with Gasteiger partial charge in [0.25, 0.3) is 0 Å². The zero-order valence-corrected chi connectivity index (χ0v) is 27.0. The first-order chi connectivity index (χ1) is 23.1. The molecule has 6 atom stereocenters.